The van der Waals surface area contributed by atoms with E-state index in [1.165, 1.54) is 13.2 Å². The molecule has 104 valence electrons. The first-order valence-electron chi connectivity index (χ1n) is 5.66. The molecule has 1 heterocycles. The summed E-state index contributed by atoms with van der Waals surface area (Å²) in [5, 5.41) is 2.79. The van der Waals surface area contributed by atoms with Gasteiger partial charge in [-0.3, -0.25) is 10.1 Å². The van der Waals surface area contributed by atoms with E-state index >= 15 is 0 Å². The van der Waals surface area contributed by atoms with Gasteiger partial charge in [-0.25, -0.2) is 4.98 Å². The number of benzene rings is 1. The first kappa shape index (κ1) is 14.7. The largest absolute Gasteiger partial charge is 0.481 e. The molecule has 2 aromatic rings. The molecule has 0 radical (unpaired) electrons. The molecular formula is C13H11BrClN3O2. The summed E-state index contributed by atoms with van der Waals surface area (Å²) in [4.78, 5) is 20.1. The van der Waals surface area contributed by atoms with Gasteiger partial charge in [0.1, 0.15) is 5.15 Å². The summed E-state index contributed by atoms with van der Waals surface area (Å²) in [5.74, 6) is 0.0677. The average Bonchev–Trinajstić information content (AvgIpc) is 2.41. The SMILES string of the molecule is COc1cc(Cl)nc(NC(=O)c2cccc(Br)c2C)n1. The lowest BCUT2D eigenvalue weighted by atomic mass is 10.1. The van der Waals surface area contributed by atoms with Gasteiger partial charge in [0.25, 0.3) is 5.91 Å². The monoisotopic (exact) mass is 355 g/mol. The van der Waals surface area contributed by atoms with Crippen LogP contribution in [0.2, 0.25) is 5.15 Å². The predicted molar refractivity (Wildman–Crippen MR) is 80.4 cm³/mol. The van der Waals surface area contributed by atoms with Crippen molar-refractivity contribution in [3.63, 3.8) is 0 Å². The van der Waals surface area contributed by atoms with Crippen molar-refractivity contribution in [3.05, 3.63) is 45.0 Å². The number of carbonyl (C=O) groups excluding carboxylic acids is 1. The number of aromatic nitrogens is 2. The molecule has 0 bridgehead atoms. The number of hydrogen-bond acceptors (Lipinski definition) is 4. The summed E-state index contributed by atoms with van der Waals surface area (Å²) < 4.78 is 5.83. The quantitative estimate of drug-likeness (QED) is 0.855. The van der Waals surface area contributed by atoms with Crippen LogP contribution in [0.3, 0.4) is 0 Å². The Labute approximate surface area is 129 Å². The van der Waals surface area contributed by atoms with Crippen LogP contribution in [0.4, 0.5) is 5.95 Å². The van der Waals surface area contributed by atoms with E-state index in [0.717, 1.165) is 10.0 Å². The van der Waals surface area contributed by atoms with Crippen LogP contribution in [-0.2, 0) is 0 Å². The first-order chi connectivity index (χ1) is 9.51. The fourth-order valence-electron chi connectivity index (χ4n) is 1.58. The number of carbonyl (C=O) groups is 1. The molecule has 0 aliphatic carbocycles. The Morgan fingerprint density at radius 3 is 2.85 bits per heavy atom. The van der Waals surface area contributed by atoms with E-state index in [0.29, 0.717) is 5.56 Å². The summed E-state index contributed by atoms with van der Waals surface area (Å²) in [5.41, 5.74) is 1.36. The minimum Gasteiger partial charge on any atom is -0.481 e. The molecule has 0 aliphatic rings. The van der Waals surface area contributed by atoms with E-state index in [9.17, 15) is 4.79 Å². The van der Waals surface area contributed by atoms with Gasteiger partial charge in [0.15, 0.2) is 0 Å². The lowest BCUT2D eigenvalue weighted by Gasteiger charge is -2.08. The van der Waals surface area contributed by atoms with Crippen molar-refractivity contribution in [3.8, 4) is 5.88 Å². The van der Waals surface area contributed by atoms with Crippen molar-refractivity contribution >= 4 is 39.4 Å². The number of nitrogens with zero attached hydrogens (tertiary/aromatic N) is 2. The standard InChI is InChI=1S/C13H11BrClN3O2/c1-7-8(4-3-5-9(7)14)12(19)18-13-16-10(15)6-11(17-13)20-2/h3-6H,1-2H3,(H,16,17,18,19). The maximum Gasteiger partial charge on any atom is 0.258 e. The highest BCUT2D eigenvalue weighted by molar-refractivity contribution is 9.10. The summed E-state index contributed by atoms with van der Waals surface area (Å²) in [6.45, 7) is 1.85. The molecule has 1 N–H and O–H groups in total. The number of amides is 1. The molecule has 5 nitrogen and oxygen atoms in total. The lowest BCUT2D eigenvalue weighted by molar-refractivity contribution is 0.102. The normalized spacial score (nSPS) is 10.2. The molecule has 0 atom stereocenters. The second-order valence-electron chi connectivity index (χ2n) is 3.92. The van der Waals surface area contributed by atoms with E-state index in [4.69, 9.17) is 16.3 Å². The van der Waals surface area contributed by atoms with Gasteiger partial charge in [-0.15, -0.1) is 0 Å². The van der Waals surface area contributed by atoms with Crippen molar-refractivity contribution in [2.24, 2.45) is 0 Å². The minimum atomic E-state index is -0.312. The molecule has 1 aromatic heterocycles. The van der Waals surface area contributed by atoms with Crippen molar-refractivity contribution < 1.29 is 9.53 Å². The van der Waals surface area contributed by atoms with Crippen LogP contribution in [0.1, 0.15) is 15.9 Å². The fraction of sp³-hybridized carbons (Fsp3) is 0.154. The van der Waals surface area contributed by atoms with E-state index in [-0.39, 0.29) is 22.9 Å². The number of halogens is 2. The van der Waals surface area contributed by atoms with Gasteiger partial charge in [-0.05, 0) is 24.6 Å². The van der Waals surface area contributed by atoms with Crippen molar-refractivity contribution in [2.75, 3.05) is 12.4 Å². The lowest BCUT2D eigenvalue weighted by Crippen LogP contribution is -2.15. The number of rotatable bonds is 3. The highest BCUT2D eigenvalue weighted by Gasteiger charge is 2.13. The molecule has 20 heavy (non-hydrogen) atoms. The van der Waals surface area contributed by atoms with Crippen LogP contribution in [0.15, 0.2) is 28.7 Å². The van der Waals surface area contributed by atoms with Gasteiger partial charge in [0, 0.05) is 16.1 Å². The number of nitrogens with one attached hydrogen (secondary N) is 1. The van der Waals surface area contributed by atoms with Crippen LogP contribution in [0.25, 0.3) is 0 Å². The Bertz CT molecular complexity index is 664. The Balaban J connectivity index is 2.28. The molecule has 0 fully saturated rings. The number of methoxy groups -OCH3 is 1. The van der Waals surface area contributed by atoms with Gasteiger partial charge in [0.2, 0.25) is 11.8 Å². The third kappa shape index (κ3) is 3.26. The third-order valence-corrected chi connectivity index (χ3v) is 3.67. The topological polar surface area (TPSA) is 64.1 Å². The second kappa shape index (κ2) is 6.19. The van der Waals surface area contributed by atoms with Crippen LogP contribution >= 0.6 is 27.5 Å². The smallest absolute Gasteiger partial charge is 0.258 e. The van der Waals surface area contributed by atoms with Gasteiger partial charge in [0.05, 0.1) is 7.11 Å². The zero-order valence-corrected chi connectivity index (χ0v) is 13.1. The minimum absolute atomic E-state index is 0.0960. The molecule has 1 amide bonds. The second-order valence-corrected chi connectivity index (χ2v) is 5.16. The third-order valence-electron chi connectivity index (χ3n) is 2.62. The van der Waals surface area contributed by atoms with Gasteiger partial charge in [-0.2, -0.15) is 4.98 Å². The van der Waals surface area contributed by atoms with Crippen molar-refractivity contribution in [1.82, 2.24) is 9.97 Å². The highest BCUT2D eigenvalue weighted by Crippen LogP contribution is 2.21. The summed E-state index contributed by atoms with van der Waals surface area (Å²) in [6.07, 6.45) is 0. The maximum absolute atomic E-state index is 12.2. The fourth-order valence-corrected chi connectivity index (χ4v) is 2.12. The van der Waals surface area contributed by atoms with Crippen LogP contribution in [0.5, 0.6) is 5.88 Å². The van der Waals surface area contributed by atoms with Crippen LogP contribution < -0.4 is 10.1 Å². The maximum atomic E-state index is 12.2. The Hall–Kier alpha value is -1.66. The summed E-state index contributed by atoms with van der Waals surface area (Å²) in [7, 11) is 1.46. The average molecular weight is 357 g/mol. The Morgan fingerprint density at radius 2 is 2.15 bits per heavy atom. The molecular weight excluding hydrogens is 346 g/mol. The van der Waals surface area contributed by atoms with E-state index in [1.807, 2.05) is 13.0 Å². The molecule has 0 spiro atoms. The molecule has 1 aromatic carbocycles. The highest BCUT2D eigenvalue weighted by atomic mass is 79.9. The van der Waals surface area contributed by atoms with Gasteiger partial charge >= 0.3 is 0 Å². The Morgan fingerprint density at radius 1 is 1.40 bits per heavy atom. The zero-order chi connectivity index (χ0) is 14.7. The number of hydrogen-bond donors (Lipinski definition) is 1. The Kier molecular flexibility index (Phi) is 4.57. The van der Waals surface area contributed by atoms with Gasteiger partial charge in [-0.1, -0.05) is 33.6 Å². The number of ether oxygens (including phenoxy) is 1. The molecule has 2 rings (SSSR count). The van der Waals surface area contributed by atoms with Crippen molar-refractivity contribution in [1.29, 1.82) is 0 Å². The van der Waals surface area contributed by atoms with Crippen LogP contribution in [-0.4, -0.2) is 23.0 Å². The van der Waals surface area contributed by atoms with E-state index in [2.05, 4.69) is 31.2 Å². The van der Waals surface area contributed by atoms with Crippen LogP contribution in [0, 0.1) is 6.92 Å². The molecule has 0 saturated carbocycles. The molecule has 0 aliphatic heterocycles. The molecule has 0 saturated heterocycles. The number of anilines is 1. The first-order valence-corrected chi connectivity index (χ1v) is 6.83. The van der Waals surface area contributed by atoms with Crippen molar-refractivity contribution in [2.45, 2.75) is 6.92 Å². The summed E-state index contributed by atoms with van der Waals surface area (Å²) in [6, 6.07) is 6.83. The predicted octanol–water partition coefficient (Wildman–Crippen LogP) is 3.46. The molecule has 7 heteroatoms. The summed E-state index contributed by atoms with van der Waals surface area (Å²) >= 11 is 9.21. The zero-order valence-electron chi connectivity index (χ0n) is 10.8. The van der Waals surface area contributed by atoms with E-state index in [1.54, 1.807) is 12.1 Å². The van der Waals surface area contributed by atoms with Gasteiger partial charge < -0.3 is 4.74 Å². The molecule has 0 unspecified atom stereocenters. The van der Waals surface area contributed by atoms with E-state index < -0.39 is 0 Å².